The van der Waals surface area contributed by atoms with E-state index in [0.717, 1.165) is 53.3 Å². The summed E-state index contributed by atoms with van der Waals surface area (Å²) in [6, 6.07) is 5.50. The summed E-state index contributed by atoms with van der Waals surface area (Å²) in [4.78, 5) is 30.7. The van der Waals surface area contributed by atoms with Crippen LogP contribution < -0.4 is 0 Å². The van der Waals surface area contributed by atoms with E-state index in [-0.39, 0.29) is 36.3 Å². The summed E-state index contributed by atoms with van der Waals surface area (Å²) in [6.07, 6.45) is 10.3. The van der Waals surface area contributed by atoms with Crippen molar-refractivity contribution in [2.75, 3.05) is 13.2 Å². The van der Waals surface area contributed by atoms with Crippen molar-refractivity contribution >= 4 is 28.4 Å². The molecule has 5 rings (SSSR count). The maximum Gasteiger partial charge on any atom is 0.306 e. The Balaban J connectivity index is 1.39. The fraction of sp³-hybridized carbons (Fsp3) is 0.500. The van der Waals surface area contributed by atoms with Gasteiger partial charge in [-0.15, -0.1) is 0 Å². The zero-order valence-corrected chi connectivity index (χ0v) is 20.1. The number of nitrogens with zero attached hydrogens (tertiary/aromatic N) is 1. The molecule has 7 heteroatoms. The van der Waals surface area contributed by atoms with Crippen LogP contribution in [0.3, 0.4) is 0 Å². The van der Waals surface area contributed by atoms with Crippen molar-refractivity contribution in [2.45, 2.75) is 63.8 Å². The predicted molar refractivity (Wildman–Crippen MR) is 132 cm³/mol. The molecule has 1 aliphatic carbocycles. The van der Waals surface area contributed by atoms with Crippen LogP contribution in [0.4, 0.5) is 4.39 Å². The SMILES string of the molecule is CC(CC(=O)N1CCCC2C(C(=O)O)CCCC21)c1c[nH]c2cccc(C3=CC=C(F)OCC3)c12. The number of aromatic amines is 1. The summed E-state index contributed by atoms with van der Waals surface area (Å²) in [5.41, 5.74) is 4.09. The van der Waals surface area contributed by atoms with Crippen molar-refractivity contribution in [1.82, 2.24) is 9.88 Å². The van der Waals surface area contributed by atoms with E-state index in [1.54, 1.807) is 6.08 Å². The first-order valence-electron chi connectivity index (χ1n) is 12.8. The molecule has 6 nitrogen and oxygen atoms in total. The minimum atomic E-state index is -0.721. The zero-order valence-electron chi connectivity index (χ0n) is 20.1. The van der Waals surface area contributed by atoms with Gasteiger partial charge >= 0.3 is 5.97 Å². The van der Waals surface area contributed by atoms with Crippen molar-refractivity contribution in [2.24, 2.45) is 11.8 Å². The molecular formula is C28H33FN2O4. The molecule has 186 valence electrons. The van der Waals surface area contributed by atoms with Gasteiger partial charge in [0.15, 0.2) is 0 Å². The number of piperidine rings is 1. The van der Waals surface area contributed by atoms with Gasteiger partial charge in [0, 0.05) is 48.6 Å². The highest BCUT2D eigenvalue weighted by Gasteiger charge is 2.43. The number of carbonyl (C=O) groups is 2. The lowest BCUT2D eigenvalue weighted by Gasteiger charge is -2.46. The van der Waals surface area contributed by atoms with Crippen LogP contribution >= 0.6 is 0 Å². The van der Waals surface area contributed by atoms with Crippen LogP contribution in [0.1, 0.15) is 68.9 Å². The molecule has 3 aliphatic rings. The standard InChI is InChI=1S/C28H33FN2O4/c1-17(15-26(32)31-13-4-7-20-21(28(33)34)6-3-9-24(20)31)22-16-30-23-8-2-5-19(27(22)23)18-10-11-25(29)35-14-12-18/h2,5,8,10-11,16-17,20-21,24,30H,3-4,6-7,9,12-15H2,1H3,(H,33,34). The third kappa shape index (κ3) is 4.60. The number of carboxylic acids is 1. The molecular weight excluding hydrogens is 447 g/mol. The van der Waals surface area contributed by atoms with E-state index in [4.69, 9.17) is 4.74 Å². The van der Waals surface area contributed by atoms with Gasteiger partial charge < -0.3 is 19.7 Å². The lowest BCUT2D eigenvalue weighted by Crippen LogP contribution is -2.53. The number of carboxylic acid groups (broad SMARTS) is 1. The van der Waals surface area contributed by atoms with E-state index < -0.39 is 12.0 Å². The Morgan fingerprint density at radius 1 is 1.23 bits per heavy atom. The summed E-state index contributed by atoms with van der Waals surface area (Å²) in [5, 5.41) is 10.8. The van der Waals surface area contributed by atoms with E-state index in [9.17, 15) is 19.1 Å². The molecule has 1 amide bonds. The molecule has 35 heavy (non-hydrogen) atoms. The van der Waals surface area contributed by atoms with Crippen LogP contribution in [0.5, 0.6) is 0 Å². The molecule has 1 aromatic carbocycles. The third-order valence-corrected chi connectivity index (χ3v) is 8.12. The van der Waals surface area contributed by atoms with Gasteiger partial charge in [-0.3, -0.25) is 9.59 Å². The van der Waals surface area contributed by atoms with Crippen molar-refractivity contribution in [3.8, 4) is 0 Å². The molecule has 2 aromatic rings. The van der Waals surface area contributed by atoms with Crippen molar-refractivity contribution < 1.29 is 23.8 Å². The van der Waals surface area contributed by atoms with Crippen LogP contribution in [0.15, 0.2) is 42.6 Å². The minimum Gasteiger partial charge on any atom is -0.481 e. The average molecular weight is 481 g/mol. The van der Waals surface area contributed by atoms with Crippen LogP contribution in [0.2, 0.25) is 0 Å². The first kappa shape index (κ1) is 23.6. The van der Waals surface area contributed by atoms with Gasteiger partial charge in [-0.2, -0.15) is 4.39 Å². The van der Waals surface area contributed by atoms with Gasteiger partial charge in [0.25, 0.3) is 6.01 Å². The quantitative estimate of drug-likeness (QED) is 0.569. The highest BCUT2D eigenvalue weighted by Crippen LogP contribution is 2.41. The number of rotatable bonds is 5. The topological polar surface area (TPSA) is 82.6 Å². The number of halogens is 1. The number of carbonyl (C=O) groups excluding carboxylic acids is 1. The third-order valence-electron chi connectivity index (χ3n) is 8.12. The molecule has 1 saturated carbocycles. The van der Waals surface area contributed by atoms with Crippen LogP contribution in [0.25, 0.3) is 16.5 Å². The molecule has 0 spiro atoms. The van der Waals surface area contributed by atoms with Crippen LogP contribution in [0, 0.1) is 11.8 Å². The maximum absolute atomic E-state index is 13.6. The highest BCUT2D eigenvalue weighted by atomic mass is 19.1. The van der Waals surface area contributed by atoms with Gasteiger partial charge in [0.05, 0.1) is 12.5 Å². The summed E-state index contributed by atoms with van der Waals surface area (Å²) >= 11 is 0. The Morgan fingerprint density at radius 2 is 2.09 bits per heavy atom. The second kappa shape index (κ2) is 9.88. The highest BCUT2D eigenvalue weighted by molar-refractivity contribution is 5.96. The fourth-order valence-electron chi connectivity index (χ4n) is 6.44. The summed E-state index contributed by atoms with van der Waals surface area (Å²) in [7, 11) is 0. The van der Waals surface area contributed by atoms with Gasteiger partial charge in [-0.25, -0.2) is 0 Å². The summed E-state index contributed by atoms with van der Waals surface area (Å²) in [6.45, 7) is 3.07. The summed E-state index contributed by atoms with van der Waals surface area (Å²) < 4.78 is 18.7. The monoisotopic (exact) mass is 480 g/mol. The molecule has 1 saturated heterocycles. The van der Waals surface area contributed by atoms with Gasteiger partial charge in [0.1, 0.15) is 0 Å². The Morgan fingerprint density at radius 3 is 2.91 bits per heavy atom. The normalized spacial score (nSPS) is 25.7. The van der Waals surface area contributed by atoms with E-state index in [0.29, 0.717) is 25.8 Å². The van der Waals surface area contributed by atoms with Crippen LogP contribution in [-0.2, 0) is 14.3 Å². The lowest BCUT2D eigenvalue weighted by atomic mass is 9.71. The molecule has 1 aromatic heterocycles. The number of aliphatic carboxylic acids is 1. The number of ether oxygens (including phenoxy) is 1. The first-order valence-corrected chi connectivity index (χ1v) is 12.8. The number of allylic oxidation sites excluding steroid dienone is 2. The number of fused-ring (bicyclic) bond motifs is 2. The Hall–Kier alpha value is -3.09. The molecule has 4 atom stereocenters. The van der Waals surface area contributed by atoms with Gasteiger partial charge in [-0.05, 0) is 60.3 Å². The maximum atomic E-state index is 13.6. The molecule has 4 unspecified atom stereocenters. The molecule has 3 heterocycles. The van der Waals surface area contributed by atoms with Gasteiger partial charge in [0.2, 0.25) is 5.91 Å². The van der Waals surface area contributed by atoms with E-state index in [1.807, 2.05) is 29.3 Å². The number of amides is 1. The average Bonchev–Trinajstić information content (AvgIpc) is 3.18. The smallest absolute Gasteiger partial charge is 0.306 e. The predicted octanol–water partition coefficient (Wildman–Crippen LogP) is 5.77. The summed E-state index contributed by atoms with van der Waals surface area (Å²) in [5.74, 6) is -0.911. The molecule has 2 aliphatic heterocycles. The zero-order chi connectivity index (χ0) is 24.5. The molecule has 2 N–H and O–H groups in total. The van der Waals surface area contributed by atoms with Crippen LogP contribution in [-0.4, -0.2) is 46.1 Å². The Kier molecular flexibility index (Phi) is 6.67. The Labute approximate surface area is 204 Å². The number of nitrogens with one attached hydrogen (secondary N) is 1. The number of likely N-dealkylation sites (tertiary alicyclic amines) is 1. The van der Waals surface area contributed by atoms with E-state index in [1.165, 1.54) is 6.08 Å². The second-order valence-corrected chi connectivity index (χ2v) is 10.2. The van der Waals surface area contributed by atoms with Crippen molar-refractivity contribution in [1.29, 1.82) is 0 Å². The lowest BCUT2D eigenvalue weighted by molar-refractivity contribution is -0.152. The van der Waals surface area contributed by atoms with E-state index in [2.05, 4.69) is 11.9 Å². The largest absolute Gasteiger partial charge is 0.481 e. The fourth-order valence-corrected chi connectivity index (χ4v) is 6.44. The number of aromatic nitrogens is 1. The molecule has 0 bridgehead atoms. The molecule has 2 fully saturated rings. The minimum absolute atomic E-state index is 0.0217. The van der Waals surface area contributed by atoms with Gasteiger partial charge in [-0.1, -0.05) is 31.6 Å². The number of benzene rings is 1. The number of H-pyrrole nitrogens is 1. The second-order valence-electron chi connectivity index (χ2n) is 10.2. The van der Waals surface area contributed by atoms with E-state index >= 15 is 0 Å². The number of hydrogen-bond donors (Lipinski definition) is 2. The van der Waals surface area contributed by atoms with Crippen molar-refractivity contribution in [3.63, 3.8) is 0 Å². The molecule has 0 radical (unpaired) electrons. The Bertz CT molecular complexity index is 1180. The number of hydrogen-bond acceptors (Lipinski definition) is 3. The van der Waals surface area contributed by atoms with Crippen molar-refractivity contribution in [3.05, 3.63) is 53.7 Å². The first-order chi connectivity index (χ1) is 16.9.